The van der Waals surface area contributed by atoms with Crippen molar-refractivity contribution in [1.29, 1.82) is 0 Å². The Balaban J connectivity index is 1.29. The summed E-state index contributed by atoms with van der Waals surface area (Å²) in [5, 5.41) is 70.7. The van der Waals surface area contributed by atoms with E-state index in [0.29, 0.717) is 41.5 Å². The average molecular weight is 791 g/mol. The summed E-state index contributed by atoms with van der Waals surface area (Å²) < 4.78 is 13.1. The molecule has 0 amide bonds. The molecule has 6 N–H and O–H groups in total. The molecule has 1 aliphatic carbocycles. The Bertz CT molecular complexity index is 2600. The molecule has 3 heterocycles. The normalized spacial score (nSPS) is 21.8. The van der Waals surface area contributed by atoms with Gasteiger partial charge in [0.05, 0.1) is 23.0 Å². The summed E-state index contributed by atoms with van der Waals surface area (Å²) in [6.45, 7) is 4.04. The van der Waals surface area contributed by atoms with E-state index in [9.17, 15) is 35.4 Å². The molecule has 1 saturated heterocycles. The van der Waals surface area contributed by atoms with Gasteiger partial charge in [0.1, 0.15) is 40.1 Å². The van der Waals surface area contributed by atoms with E-state index in [1.165, 1.54) is 6.07 Å². The summed E-state index contributed by atoms with van der Waals surface area (Å²) in [7, 11) is 3.33. The van der Waals surface area contributed by atoms with Crippen LogP contribution in [0.25, 0.3) is 44.2 Å². The second-order valence-corrected chi connectivity index (χ2v) is 18.3. The number of ether oxygens (including phenoxy) is 1. The topological polar surface area (TPSA) is 161 Å². The monoisotopic (exact) mass is 790 g/mol. The van der Waals surface area contributed by atoms with E-state index < -0.39 is 35.4 Å². The van der Waals surface area contributed by atoms with Crippen molar-refractivity contribution in [3.05, 3.63) is 111 Å². The Labute approximate surface area is 331 Å². The zero-order valence-electron chi connectivity index (χ0n) is 30.9. The Morgan fingerprint density at radius 1 is 0.893 bits per heavy atom. The van der Waals surface area contributed by atoms with Gasteiger partial charge in [0, 0.05) is 29.7 Å². The molecule has 3 aliphatic rings. The Hall–Kier alpha value is -4.81. The molecule has 288 valence electrons. The largest absolute Gasteiger partial charge is 0.508 e. The lowest BCUT2D eigenvalue weighted by molar-refractivity contribution is 0.00976. The van der Waals surface area contributed by atoms with Crippen molar-refractivity contribution < 1.29 is 39.8 Å². The van der Waals surface area contributed by atoms with Crippen LogP contribution in [-0.4, -0.2) is 54.7 Å². The number of aromatic hydroxyl groups is 4. The van der Waals surface area contributed by atoms with Gasteiger partial charge in [-0.15, -0.1) is 0 Å². The van der Waals surface area contributed by atoms with Gasteiger partial charge < -0.3 is 39.8 Å². The summed E-state index contributed by atoms with van der Waals surface area (Å²) in [6.07, 6.45) is -0.485. The smallest absolute Gasteiger partial charge is 0.238 e. The first-order chi connectivity index (χ1) is 27.0. The first-order valence-corrected chi connectivity index (χ1v) is 21.4. The Kier molecular flexibility index (Phi) is 9.39. The highest BCUT2D eigenvalue weighted by atomic mass is 33.1. The predicted molar refractivity (Wildman–Crippen MR) is 221 cm³/mol. The fraction of sp³-hybridized carbons (Fsp3) is 0.311. The molecule has 11 heteroatoms. The third-order valence-corrected chi connectivity index (χ3v) is 14.3. The van der Waals surface area contributed by atoms with Gasteiger partial charge in [0.15, 0.2) is 5.76 Å². The van der Waals surface area contributed by atoms with Crippen molar-refractivity contribution in [2.75, 3.05) is 5.75 Å². The summed E-state index contributed by atoms with van der Waals surface area (Å²) in [5.41, 5.74) is 4.05. The standard InChI is InChI=1S/C45H42O9S2/c1-21(2)14-24-17-26(18-25(39(24)49)15-22-6-3-8-27(46)16-22)43-42(52)41(51)38-34(54-43)20-32(48)37-28-12-11-23-7-4-9-29-35(23)36(28)30-19-33(53-44(37)38)31(47)10-5-13-55-56-45(29)40(30)50/h3-4,6-9,11-12,16-18,20-21,30-31,33,40,45-50,52H,5,10,13-15,19H2,1-2H3. The minimum Gasteiger partial charge on any atom is -0.508 e. The van der Waals surface area contributed by atoms with Crippen LogP contribution < -0.4 is 10.2 Å². The maximum absolute atomic E-state index is 14.6. The average Bonchev–Trinajstić information content (AvgIpc) is 3.17. The summed E-state index contributed by atoms with van der Waals surface area (Å²) in [5.74, 6) is -0.390. The third-order valence-electron chi connectivity index (χ3n) is 11.4. The molecular formula is C45H42O9S2. The van der Waals surface area contributed by atoms with Crippen LogP contribution in [0.2, 0.25) is 0 Å². The highest BCUT2D eigenvalue weighted by Crippen LogP contribution is 2.58. The van der Waals surface area contributed by atoms with Crippen LogP contribution in [0, 0.1) is 5.92 Å². The molecule has 5 aromatic carbocycles. The number of phenols is 3. The van der Waals surface area contributed by atoms with E-state index in [-0.39, 0.29) is 69.3 Å². The van der Waals surface area contributed by atoms with E-state index in [2.05, 4.69) is 0 Å². The lowest BCUT2D eigenvalue weighted by Gasteiger charge is -2.41. The third kappa shape index (κ3) is 6.16. The minimum absolute atomic E-state index is 0.00260. The molecule has 5 unspecified atom stereocenters. The SMILES string of the molecule is CC(C)Cc1cc(-c2oc3cc(O)c4c(c3c(=O)c2O)OC2CC3c5c-4ccc4cccc(c54)C(SSCCCC2O)C3O)cc(Cc2cccc(O)c2)c1O. The van der Waals surface area contributed by atoms with Gasteiger partial charge in [-0.3, -0.25) is 4.79 Å². The Morgan fingerprint density at radius 3 is 2.50 bits per heavy atom. The van der Waals surface area contributed by atoms with Crippen LogP contribution >= 0.6 is 21.6 Å². The van der Waals surface area contributed by atoms with Crippen molar-refractivity contribution in [1.82, 2.24) is 0 Å². The molecule has 3 bridgehead atoms. The molecule has 0 radical (unpaired) electrons. The maximum atomic E-state index is 14.6. The highest BCUT2D eigenvalue weighted by molar-refractivity contribution is 8.76. The van der Waals surface area contributed by atoms with Crippen molar-refractivity contribution in [3.8, 4) is 51.2 Å². The van der Waals surface area contributed by atoms with E-state index in [1.54, 1.807) is 51.9 Å². The van der Waals surface area contributed by atoms with Crippen LogP contribution in [0.15, 0.2) is 82.0 Å². The predicted octanol–water partition coefficient (Wildman–Crippen LogP) is 9.08. The van der Waals surface area contributed by atoms with E-state index >= 15 is 0 Å². The van der Waals surface area contributed by atoms with Crippen LogP contribution in [0.4, 0.5) is 0 Å². The molecular weight excluding hydrogens is 749 g/mol. The molecule has 5 atom stereocenters. The van der Waals surface area contributed by atoms with Gasteiger partial charge in [-0.05, 0) is 100 Å². The van der Waals surface area contributed by atoms with Crippen molar-refractivity contribution in [2.45, 2.75) is 75.4 Å². The molecule has 9 rings (SSSR count). The summed E-state index contributed by atoms with van der Waals surface area (Å²) >= 11 is 0. The van der Waals surface area contributed by atoms with E-state index in [0.717, 1.165) is 33.2 Å². The van der Waals surface area contributed by atoms with Gasteiger partial charge in [-0.2, -0.15) is 0 Å². The molecule has 6 aromatic rings. The molecule has 9 nitrogen and oxygen atoms in total. The number of rotatable bonds is 5. The van der Waals surface area contributed by atoms with Gasteiger partial charge >= 0.3 is 0 Å². The van der Waals surface area contributed by atoms with Gasteiger partial charge in [0.2, 0.25) is 11.2 Å². The molecule has 1 aromatic heterocycles. The quantitative estimate of drug-likeness (QED) is 0.0925. The second-order valence-electron chi connectivity index (χ2n) is 15.7. The number of fused-ring (bicyclic) bond motifs is 7. The molecule has 2 aliphatic heterocycles. The van der Waals surface area contributed by atoms with Gasteiger partial charge in [-0.1, -0.05) is 77.9 Å². The van der Waals surface area contributed by atoms with Crippen LogP contribution in [-0.2, 0) is 12.8 Å². The summed E-state index contributed by atoms with van der Waals surface area (Å²) in [6, 6.07) is 21.4. The molecule has 56 heavy (non-hydrogen) atoms. The molecule has 1 fully saturated rings. The number of benzene rings is 5. The van der Waals surface area contributed by atoms with Crippen molar-refractivity contribution in [2.24, 2.45) is 5.92 Å². The first-order valence-electron chi connectivity index (χ1n) is 19.0. The zero-order valence-corrected chi connectivity index (χ0v) is 32.5. The van der Waals surface area contributed by atoms with Gasteiger partial charge in [0.25, 0.3) is 0 Å². The van der Waals surface area contributed by atoms with Crippen LogP contribution in [0.3, 0.4) is 0 Å². The number of aliphatic hydroxyl groups excluding tert-OH is 2. The molecule has 0 spiro atoms. The van der Waals surface area contributed by atoms with Crippen LogP contribution in [0.5, 0.6) is 28.7 Å². The number of hydrogen-bond donors (Lipinski definition) is 6. The van der Waals surface area contributed by atoms with E-state index in [4.69, 9.17) is 9.15 Å². The lowest BCUT2D eigenvalue weighted by atomic mass is 9.72. The Morgan fingerprint density at radius 2 is 1.70 bits per heavy atom. The zero-order chi connectivity index (χ0) is 39.0. The molecule has 0 saturated carbocycles. The number of aliphatic hydroxyl groups is 2. The fourth-order valence-corrected chi connectivity index (χ4v) is 11.8. The lowest BCUT2D eigenvalue weighted by Crippen LogP contribution is -2.39. The highest BCUT2D eigenvalue weighted by Gasteiger charge is 2.44. The number of hydrogen-bond acceptors (Lipinski definition) is 11. The summed E-state index contributed by atoms with van der Waals surface area (Å²) in [4.78, 5) is 14.6. The second kappa shape index (κ2) is 14.3. The van der Waals surface area contributed by atoms with E-state index in [1.807, 2.05) is 50.2 Å². The minimum atomic E-state index is -0.950. The fourth-order valence-electron chi connectivity index (χ4n) is 8.93. The van der Waals surface area contributed by atoms with Crippen molar-refractivity contribution >= 4 is 43.3 Å². The van der Waals surface area contributed by atoms with Gasteiger partial charge in [-0.25, -0.2) is 0 Å². The number of phenolic OH excluding ortho intramolecular Hbond substituents is 3. The van der Waals surface area contributed by atoms with Crippen molar-refractivity contribution in [3.63, 3.8) is 0 Å². The maximum Gasteiger partial charge on any atom is 0.238 e. The first kappa shape index (κ1) is 36.8. The van der Waals surface area contributed by atoms with Crippen LogP contribution in [0.1, 0.15) is 72.1 Å².